The Kier molecular flexibility index (Phi) is 9.18. The minimum atomic E-state index is -0.356. The van der Waals surface area contributed by atoms with Crippen molar-refractivity contribution in [1.29, 1.82) is 0 Å². The fourth-order valence-corrected chi connectivity index (χ4v) is 4.51. The average molecular weight is 485 g/mol. The van der Waals surface area contributed by atoms with E-state index >= 15 is 0 Å². The number of halogens is 2. The van der Waals surface area contributed by atoms with Gasteiger partial charge in [-0.25, -0.2) is 0 Å². The molecule has 0 saturated carbocycles. The standard InChI is InChI=1S/C22H32N6O2.2ClH/c1-15-8-12-28(14-17-7-6-9-23-13-17)22(30)18(15)21(29)24-19-16(2)26(3)25-20(19)27-10-4-5-11-27;;/h8,12,17,23H,4-7,9-11,13-14H2,1-3H3,(H,24,29);2*1H. The van der Waals surface area contributed by atoms with Gasteiger partial charge in [0.2, 0.25) is 0 Å². The van der Waals surface area contributed by atoms with Crippen molar-refractivity contribution in [2.75, 3.05) is 36.4 Å². The number of rotatable bonds is 5. The molecule has 0 aliphatic carbocycles. The van der Waals surface area contributed by atoms with Crippen LogP contribution in [-0.2, 0) is 13.6 Å². The molecule has 2 aliphatic heterocycles. The monoisotopic (exact) mass is 484 g/mol. The van der Waals surface area contributed by atoms with E-state index in [1.807, 2.05) is 33.2 Å². The molecule has 0 radical (unpaired) electrons. The van der Waals surface area contributed by atoms with E-state index in [2.05, 4.69) is 20.6 Å². The van der Waals surface area contributed by atoms with Crippen molar-refractivity contribution >= 4 is 42.2 Å². The third-order valence-electron chi connectivity index (χ3n) is 6.41. The van der Waals surface area contributed by atoms with Crippen molar-refractivity contribution in [3.63, 3.8) is 0 Å². The Morgan fingerprint density at radius 3 is 2.59 bits per heavy atom. The molecule has 2 saturated heterocycles. The molecule has 10 heteroatoms. The van der Waals surface area contributed by atoms with Crippen LogP contribution in [0.4, 0.5) is 11.5 Å². The van der Waals surface area contributed by atoms with Gasteiger partial charge < -0.3 is 20.1 Å². The lowest BCUT2D eigenvalue weighted by atomic mass is 9.99. The van der Waals surface area contributed by atoms with Gasteiger partial charge in [-0.15, -0.1) is 24.8 Å². The smallest absolute Gasteiger partial charge is 0.263 e. The number of nitrogens with one attached hydrogen (secondary N) is 2. The molecule has 178 valence electrons. The topological polar surface area (TPSA) is 84.2 Å². The summed E-state index contributed by atoms with van der Waals surface area (Å²) in [7, 11) is 1.88. The van der Waals surface area contributed by atoms with Crippen LogP contribution in [0.2, 0.25) is 0 Å². The predicted molar refractivity (Wildman–Crippen MR) is 133 cm³/mol. The van der Waals surface area contributed by atoms with Crippen molar-refractivity contribution < 1.29 is 4.79 Å². The zero-order valence-corrected chi connectivity index (χ0v) is 20.7. The summed E-state index contributed by atoms with van der Waals surface area (Å²) < 4.78 is 3.48. The van der Waals surface area contributed by atoms with Gasteiger partial charge >= 0.3 is 0 Å². The van der Waals surface area contributed by atoms with Crippen LogP contribution in [-0.4, -0.2) is 46.4 Å². The SMILES string of the molecule is Cc1ccn(CC2CCCNC2)c(=O)c1C(=O)Nc1c(N2CCCC2)nn(C)c1C.Cl.Cl. The molecular weight excluding hydrogens is 451 g/mol. The fraction of sp³-hybridized carbons (Fsp3) is 0.591. The van der Waals surface area contributed by atoms with Gasteiger partial charge in [-0.3, -0.25) is 14.3 Å². The minimum absolute atomic E-state index is 0. The zero-order chi connectivity index (χ0) is 21.3. The number of piperidine rings is 1. The highest BCUT2D eigenvalue weighted by Crippen LogP contribution is 2.31. The number of anilines is 2. The van der Waals surface area contributed by atoms with E-state index in [-0.39, 0.29) is 41.8 Å². The molecule has 4 rings (SSSR count). The van der Waals surface area contributed by atoms with Crippen LogP contribution in [0.3, 0.4) is 0 Å². The first-order valence-electron chi connectivity index (χ1n) is 11.0. The van der Waals surface area contributed by atoms with Gasteiger partial charge in [0.15, 0.2) is 5.82 Å². The minimum Gasteiger partial charge on any atom is -0.353 e. The number of amides is 1. The van der Waals surface area contributed by atoms with E-state index in [0.717, 1.165) is 63.4 Å². The summed E-state index contributed by atoms with van der Waals surface area (Å²) in [6.45, 7) is 8.22. The van der Waals surface area contributed by atoms with Crippen LogP contribution < -0.4 is 21.1 Å². The molecule has 0 spiro atoms. The normalized spacial score (nSPS) is 18.1. The average Bonchev–Trinajstić information content (AvgIpc) is 3.35. The highest BCUT2D eigenvalue weighted by atomic mass is 35.5. The van der Waals surface area contributed by atoms with Gasteiger partial charge in [0.05, 0.1) is 5.69 Å². The zero-order valence-electron chi connectivity index (χ0n) is 19.0. The summed E-state index contributed by atoms with van der Waals surface area (Å²) in [5.74, 6) is 0.852. The molecular formula is C22H34Cl2N6O2. The summed E-state index contributed by atoms with van der Waals surface area (Å²) in [4.78, 5) is 28.6. The Labute approximate surface area is 201 Å². The molecule has 1 amide bonds. The largest absolute Gasteiger partial charge is 0.353 e. The van der Waals surface area contributed by atoms with Gasteiger partial charge in [0, 0.05) is 32.9 Å². The van der Waals surface area contributed by atoms with Crippen molar-refractivity contribution in [3.05, 3.63) is 39.4 Å². The second-order valence-corrected chi connectivity index (χ2v) is 8.60. The molecule has 32 heavy (non-hydrogen) atoms. The van der Waals surface area contributed by atoms with Gasteiger partial charge in [-0.2, -0.15) is 5.10 Å². The molecule has 0 bridgehead atoms. The number of hydrogen-bond donors (Lipinski definition) is 2. The lowest BCUT2D eigenvalue weighted by Crippen LogP contribution is -2.36. The van der Waals surface area contributed by atoms with E-state index in [1.165, 1.54) is 0 Å². The van der Waals surface area contributed by atoms with Gasteiger partial charge in [0.25, 0.3) is 11.5 Å². The number of hydrogen-bond acceptors (Lipinski definition) is 5. The van der Waals surface area contributed by atoms with E-state index in [1.54, 1.807) is 9.25 Å². The lowest BCUT2D eigenvalue weighted by Gasteiger charge is -2.23. The molecule has 2 aromatic rings. The third kappa shape index (κ3) is 5.30. The first-order valence-corrected chi connectivity index (χ1v) is 11.0. The van der Waals surface area contributed by atoms with Crippen LogP contribution in [0.1, 0.15) is 47.3 Å². The molecule has 0 aromatic carbocycles. The molecule has 4 heterocycles. The van der Waals surface area contributed by atoms with E-state index in [0.29, 0.717) is 23.7 Å². The van der Waals surface area contributed by atoms with Crippen LogP contribution in [0.5, 0.6) is 0 Å². The van der Waals surface area contributed by atoms with E-state index in [9.17, 15) is 9.59 Å². The van der Waals surface area contributed by atoms with E-state index < -0.39 is 0 Å². The van der Waals surface area contributed by atoms with Gasteiger partial charge in [0.1, 0.15) is 11.3 Å². The fourth-order valence-electron chi connectivity index (χ4n) is 4.51. The highest BCUT2D eigenvalue weighted by Gasteiger charge is 2.25. The first-order chi connectivity index (χ1) is 14.5. The highest BCUT2D eigenvalue weighted by molar-refractivity contribution is 6.06. The van der Waals surface area contributed by atoms with Crippen molar-refractivity contribution in [2.45, 2.75) is 46.1 Å². The maximum Gasteiger partial charge on any atom is 0.263 e. The number of carbonyl (C=O) groups is 1. The van der Waals surface area contributed by atoms with Crippen LogP contribution >= 0.6 is 24.8 Å². The second kappa shape index (κ2) is 11.2. The Balaban J connectivity index is 0.00000181. The summed E-state index contributed by atoms with van der Waals surface area (Å²) in [5.41, 5.74) is 2.28. The predicted octanol–water partition coefficient (Wildman–Crippen LogP) is 2.89. The number of aromatic nitrogens is 3. The Morgan fingerprint density at radius 2 is 1.94 bits per heavy atom. The molecule has 1 atom stereocenters. The Hall–Kier alpha value is -2.03. The van der Waals surface area contributed by atoms with Crippen LogP contribution in [0.15, 0.2) is 17.1 Å². The maximum atomic E-state index is 13.2. The Bertz CT molecular complexity index is 991. The summed E-state index contributed by atoms with van der Waals surface area (Å²) in [6.07, 6.45) is 6.29. The number of carbonyl (C=O) groups excluding carboxylic acids is 1. The maximum absolute atomic E-state index is 13.2. The van der Waals surface area contributed by atoms with Gasteiger partial charge in [-0.1, -0.05) is 0 Å². The molecule has 8 nitrogen and oxygen atoms in total. The molecule has 1 unspecified atom stereocenters. The molecule has 2 N–H and O–H groups in total. The summed E-state index contributed by atoms with van der Waals surface area (Å²) in [5, 5.41) is 11.0. The van der Waals surface area contributed by atoms with Crippen LogP contribution in [0.25, 0.3) is 0 Å². The van der Waals surface area contributed by atoms with Crippen molar-refractivity contribution in [2.24, 2.45) is 13.0 Å². The third-order valence-corrected chi connectivity index (χ3v) is 6.41. The molecule has 2 aromatic heterocycles. The Morgan fingerprint density at radius 1 is 1.22 bits per heavy atom. The van der Waals surface area contributed by atoms with Gasteiger partial charge in [-0.05, 0) is 70.2 Å². The number of pyridine rings is 1. The second-order valence-electron chi connectivity index (χ2n) is 8.60. The lowest BCUT2D eigenvalue weighted by molar-refractivity contribution is 0.102. The number of aryl methyl sites for hydroxylation is 2. The summed E-state index contributed by atoms with van der Waals surface area (Å²) in [6, 6.07) is 1.87. The van der Waals surface area contributed by atoms with Crippen LogP contribution in [0, 0.1) is 19.8 Å². The van der Waals surface area contributed by atoms with E-state index in [4.69, 9.17) is 0 Å². The number of nitrogens with zero attached hydrogens (tertiary/aromatic N) is 4. The molecule has 2 fully saturated rings. The summed E-state index contributed by atoms with van der Waals surface area (Å²) >= 11 is 0. The first kappa shape index (κ1) is 26.2. The molecule has 2 aliphatic rings. The van der Waals surface area contributed by atoms with Crippen molar-refractivity contribution in [1.82, 2.24) is 19.7 Å². The van der Waals surface area contributed by atoms with Crippen molar-refractivity contribution in [3.8, 4) is 0 Å². The quantitative estimate of drug-likeness (QED) is 0.681.